The Morgan fingerprint density at radius 1 is 1.17 bits per heavy atom. The van der Waals surface area contributed by atoms with Crippen LogP contribution in [0.25, 0.3) is 11.3 Å². The Bertz CT molecular complexity index is 671. The van der Waals surface area contributed by atoms with Gasteiger partial charge in [-0.25, -0.2) is 4.98 Å². The number of Topliss-reactive ketones (excluding diaryl/α,β-unsaturated/α-hetero) is 2. The Kier molecular flexibility index (Phi) is 2.16. The van der Waals surface area contributed by atoms with Crippen LogP contribution in [0.3, 0.4) is 0 Å². The molecule has 2 aromatic heterocycles. The van der Waals surface area contributed by atoms with Crippen LogP contribution in [-0.4, -0.2) is 21.5 Å². The number of pyridine rings is 1. The topological polar surface area (TPSA) is 73.1 Å². The first-order valence-electron chi connectivity index (χ1n) is 5.64. The number of oxazole rings is 1. The zero-order valence-electron chi connectivity index (χ0n) is 9.93. The van der Waals surface area contributed by atoms with Crippen molar-refractivity contribution in [1.82, 2.24) is 9.97 Å². The van der Waals surface area contributed by atoms with Gasteiger partial charge in [-0.1, -0.05) is 13.8 Å². The lowest BCUT2D eigenvalue weighted by atomic mass is 9.95. The average molecular weight is 242 g/mol. The Balaban J connectivity index is 2.31. The maximum absolute atomic E-state index is 11.9. The smallest absolute Gasteiger partial charge is 0.257 e. The zero-order chi connectivity index (χ0) is 12.9. The quantitative estimate of drug-likeness (QED) is 0.717. The minimum atomic E-state index is -0.646. The molecule has 3 rings (SSSR count). The van der Waals surface area contributed by atoms with E-state index in [2.05, 4.69) is 9.97 Å². The SMILES string of the molecule is CC(C)c1nc2c(o1)-c1cccnc1C(=O)C2=O. The Labute approximate surface area is 103 Å². The zero-order valence-corrected chi connectivity index (χ0v) is 9.93. The molecule has 90 valence electrons. The lowest BCUT2D eigenvalue weighted by Crippen LogP contribution is -2.22. The van der Waals surface area contributed by atoms with E-state index in [0.717, 1.165) is 0 Å². The molecule has 5 heteroatoms. The molecule has 0 spiro atoms. The molecule has 1 aliphatic rings. The van der Waals surface area contributed by atoms with E-state index in [1.54, 1.807) is 12.1 Å². The molecular weight excluding hydrogens is 232 g/mol. The first-order valence-corrected chi connectivity index (χ1v) is 5.64. The number of hydrogen-bond donors (Lipinski definition) is 0. The molecule has 0 N–H and O–H groups in total. The lowest BCUT2D eigenvalue weighted by molar-refractivity contribution is 0.0809. The number of aromatic nitrogens is 2. The maximum Gasteiger partial charge on any atom is 0.257 e. The molecule has 18 heavy (non-hydrogen) atoms. The maximum atomic E-state index is 11.9. The number of carbonyl (C=O) groups excluding carboxylic acids is 2. The van der Waals surface area contributed by atoms with Crippen molar-refractivity contribution >= 4 is 11.6 Å². The second kappa shape index (κ2) is 3.60. The van der Waals surface area contributed by atoms with Gasteiger partial charge in [0.05, 0.1) is 0 Å². The van der Waals surface area contributed by atoms with E-state index in [9.17, 15) is 9.59 Å². The van der Waals surface area contributed by atoms with Gasteiger partial charge in [-0.3, -0.25) is 14.6 Å². The molecule has 0 saturated carbocycles. The number of ketones is 2. The van der Waals surface area contributed by atoms with Gasteiger partial charge >= 0.3 is 0 Å². The second-order valence-electron chi connectivity index (χ2n) is 4.44. The Hall–Kier alpha value is -2.30. The minimum Gasteiger partial charge on any atom is -0.440 e. The molecule has 5 nitrogen and oxygen atoms in total. The molecule has 0 aliphatic heterocycles. The molecule has 0 aromatic carbocycles. The first kappa shape index (κ1) is 10.8. The van der Waals surface area contributed by atoms with Gasteiger partial charge < -0.3 is 4.42 Å². The average Bonchev–Trinajstić information content (AvgIpc) is 2.81. The van der Waals surface area contributed by atoms with Gasteiger partial charge in [0.15, 0.2) is 17.3 Å². The highest BCUT2D eigenvalue weighted by molar-refractivity contribution is 6.51. The minimum absolute atomic E-state index is 0.0543. The van der Waals surface area contributed by atoms with Crippen molar-refractivity contribution in [3.05, 3.63) is 35.6 Å². The fourth-order valence-electron chi connectivity index (χ4n) is 1.90. The largest absolute Gasteiger partial charge is 0.440 e. The molecule has 0 bridgehead atoms. The van der Waals surface area contributed by atoms with E-state index in [0.29, 0.717) is 17.2 Å². The van der Waals surface area contributed by atoms with E-state index in [-0.39, 0.29) is 17.3 Å². The van der Waals surface area contributed by atoms with Gasteiger partial charge in [0.1, 0.15) is 5.69 Å². The van der Waals surface area contributed by atoms with Gasteiger partial charge in [-0.15, -0.1) is 0 Å². The fraction of sp³-hybridized carbons (Fsp3) is 0.231. The molecule has 0 amide bonds. The summed E-state index contributed by atoms with van der Waals surface area (Å²) in [6.07, 6.45) is 1.48. The van der Waals surface area contributed by atoms with Crippen LogP contribution >= 0.6 is 0 Å². The highest BCUT2D eigenvalue weighted by atomic mass is 16.4. The predicted molar refractivity (Wildman–Crippen MR) is 62.5 cm³/mol. The third-order valence-corrected chi connectivity index (χ3v) is 2.83. The van der Waals surface area contributed by atoms with Crippen molar-refractivity contribution < 1.29 is 14.0 Å². The molecular formula is C13H10N2O3. The van der Waals surface area contributed by atoms with E-state index in [1.165, 1.54) is 6.20 Å². The second-order valence-corrected chi connectivity index (χ2v) is 4.44. The van der Waals surface area contributed by atoms with Gasteiger partial charge in [0.2, 0.25) is 0 Å². The summed E-state index contributed by atoms with van der Waals surface area (Å²) >= 11 is 0. The molecule has 2 aromatic rings. The molecule has 0 unspecified atom stereocenters. The van der Waals surface area contributed by atoms with Crippen LogP contribution in [-0.2, 0) is 0 Å². The van der Waals surface area contributed by atoms with Gasteiger partial charge in [0, 0.05) is 17.7 Å². The van der Waals surface area contributed by atoms with Crippen molar-refractivity contribution in [3.8, 4) is 11.3 Å². The summed E-state index contributed by atoms with van der Waals surface area (Å²) in [4.78, 5) is 31.8. The van der Waals surface area contributed by atoms with Crippen molar-refractivity contribution in [2.24, 2.45) is 0 Å². The molecule has 2 heterocycles. The summed E-state index contributed by atoms with van der Waals surface area (Å²) in [5.74, 6) is -0.406. The summed E-state index contributed by atoms with van der Waals surface area (Å²) in [6, 6.07) is 3.41. The van der Waals surface area contributed by atoms with E-state index < -0.39 is 11.6 Å². The fourth-order valence-corrected chi connectivity index (χ4v) is 1.90. The van der Waals surface area contributed by atoms with Gasteiger partial charge in [-0.05, 0) is 12.1 Å². The van der Waals surface area contributed by atoms with Crippen molar-refractivity contribution in [3.63, 3.8) is 0 Å². The third kappa shape index (κ3) is 1.33. The lowest BCUT2D eigenvalue weighted by Gasteiger charge is -2.09. The number of nitrogens with zero attached hydrogens (tertiary/aromatic N) is 2. The first-order chi connectivity index (χ1) is 8.59. The number of carbonyl (C=O) groups is 2. The van der Waals surface area contributed by atoms with E-state index in [4.69, 9.17) is 4.42 Å². The summed E-state index contributed by atoms with van der Waals surface area (Å²) in [5, 5.41) is 0. The number of rotatable bonds is 1. The van der Waals surface area contributed by atoms with Crippen LogP contribution < -0.4 is 0 Å². The molecule has 0 atom stereocenters. The Morgan fingerprint density at radius 3 is 2.61 bits per heavy atom. The van der Waals surface area contributed by atoms with E-state index in [1.807, 2.05) is 13.8 Å². The standard InChI is InChI=1S/C13H10N2O3/c1-6(2)13-15-9-11(17)10(16)8-7(12(9)18-13)4-3-5-14-8/h3-6H,1-2H3. The molecule has 0 saturated heterocycles. The van der Waals surface area contributed by atoms with Crippen molar-refractivity contribution in [1.29, 1.82) is 0 Å². The third-order valence-electron chi connectivity index (χ3n) is 2.83. The summed E-state index contributed by atoms with van der Waals surface area (Å²) < 4.78 is 5.59. The van der Waals surface area contributed by atoms with Crippen LogP contribution in [0.5, 0.6) is 0 Å². The van der Waals surface area contributed by atoms with Crippen LogP contribution in [0.4, 0.5) is 0 Å². The van der Waals surface area contributed by atoms with E-state index >= 15 is 0 Å². The number of hydrogen-bond acceptors (Lipinski definition) is 5. The number of fused-ring (bicyclic) bond motifs is 3. The van der Waals surface area contributed by atoms with Gasteiger partial charge in [0.25, 0.3) is 11.6 Å². The summed E-state index contributed by atoms with van der Waals surface area (Å²) in [5.41, 5.74) is 0.780. The highest BCUT2D eigenvalue weighted by Gasteiger charge is 2.36. The monoisotopic (exact) mass is 242 g/mol. The van der Waals surface area contributed by atoms with Crippen molar-refractivity contribution in [2.45, 2.75) is 19.8 Å². The summed E-state index contributed by atoms with van der Waals surface area (Å²) in [7, 11) is 0. The van der Waals surface area contributed by atoms with Crippen LogP contribution in [0.1, 0.15) is 46.6 Å². The normalized spacial score (nSPS) is 13.7. The molecule has 0 radical (unpaired) electrons. The van der Waals surface area contributed by atoms with Crippen LogP contribution in [0.2, 0.25) is 0 Å². The predicted octanol–water partition coefficient (Wildman–Crippen LogP) is 2.24. The van der Waals surface area contributed by atoms with Crippen LogP contribution in [0.15, 0.2) is 22.7 Å². The summed E-state index contributed by atoms with van der Waals surface area (Å²) in [6.45, 7) is 3.82. The van der Waals surface area contributed by atoms with Crippen molar-refractivity contribution in [2.75, 3.05) is 0 Å². The Morgan fingerprint density at radius 2 is 1.89 bits per heavy atom. The highest BCUT2D eigenvalue weighted by Crippen LogP contribution is 2.34. The molecule has 0 fully saturated rings. The van der Waals surface area contributed by atoms with Gasteiger partial charge in [-0.2, -0.15) is 0 Å². The molecule has 1 aliphatic carbocycles. The van der Waals surface area contributed by atoms with Crippen LogP contribution in [0, 0.1) is 0 Å².